The first kappa shape index (κ1) is 16.0. The van der Waals surface area contributed by atoms with Gasteiger partial charge in [0.15, 0.2) is 0 Å². The molecule has 2 aliphatic rings. The van der Waals surface area contributed by atoms with Crippen molar-refractivity contribution in [1.82, 2.24) is 5.32 Å². The zero-order valence-electron chi connectivity index (χ0n) is 13.2. The number of carbonyl (C=O) groups excluding carboxylic acids is 1. The zero-order valence-corrected chi connectivity index (χ0v) is 13.2. The number of hydrogen-bond donors (Lipinski definition) is 2. The summed E-state index contributed by atoms with van der Waals surface area (Å²) < 4.78 is 5.35. The van der Waals surface area contributed by atoms with E-state index in [9.17, 15) is 14.7 Å². The molecule has 1 saturated heterocycles. The van der Waals surface area contributed by atoms with Crippen LogP contribution in [-0.4, -0.2) is 36.2 Å². The molecule has 0 radical (unpaired) electrons. The van der Waals surface area contributed by atoms with E-state index in [-0.39, 0.29) is 11.8 Å². The minimum absolute atomic E-state index is 0.167. The summed E-state index contributed by atoms with van der Waals surface area (Å²) in [7, 11) is 0. The highest BCUT2D eigenvalue weighted by Gasteiger charge is 2.31. The fraction of sp³-hybridized carbons (Fsp3) is 0.556. The van der Waals surface area contributed by atoms with E-state index >= 15 is 0 Å². The predicted molar refractivity (Wildman–Crippen MR) is 85.5 cm³/mol. The Labute approximate surface area is 136 Å². The molecule has 0 unspecified atom stereocenters. The van der Waals surface area contributed by atoms with Gasteiger partial charge in [-0.25, -0.2) is 4.79 Å². The fourth-order valence-corrected chi connectivity index (χ4v) is 3.28. The molecule has 2 atom stereocenters. The summed E-state index contributed by atoms with van der Waals surface area (Å²) in [5.74, 6) is -0.874. The molecule has 1 heterocycles. The van der Waals surface area contributed by atoms with E-state index in [1.807, 2.05) is 12.1 Å². The second kappa shape index (κ2) is 7.13. The van der Waals surface area contributed by atoms with Crippen molar-refractivity contribution in [3.05, 3.63) is 35.4 Å². The van der Waals surface area contributed by atoms with Gasteiger partial charge in [0.2, 0.25) is 0 Å². The van der Waals surface area contributed by atoms with Gasteiger partial charge < -0.3 is 15.2 Å². The van der Waals surface area contributed by atoms with E-state index in [0.717, 1.165) is 12.8 Å². The lowest BCUT2D eigenvalue weighted by Gasteiger charge is -2.28. The van der Waals surface area contributed by atoms with Gasteiger partial charge in [0, 0.05) is 18.1 Å². The van der Waals surface area contributed by atoms with Crippen LogP contribution in [0.4, 0.5) is 0 Å². The number of rotatable bonds is 5. The van der Waals surface area contributed by atoms with Gasteiger partial charge in [-0.05, 0) is 49.3 Å². The monoisotopic (exact) mass is 317 g/mol. The molecule has 1 saturated carbocycles. The Balaban J connectivity index is 1.64. The molecule has 3 rings (SSSR count). The largest absolute Gasteiger partial charge is 0.480 e. The zero-order chi connectivity index (χ0) is 16.2. The van der Waals surface area contributed by atoms with Crippen molar-refractivity contribution in [2.75, 3.05) is 13.2 Å². The maximum Gasteiger partial charge on any atom is 0.326 e. The van der Waals surface area contributed by atoms with Gasteiger partial charge in [0.1, 0.15) is 6.04 Å². The van der Waals surface area contributed by atoms with Crippen LogP contribution in [-0.2, 0) is 9.53 Å². The lowest BCUT2D eigenvalue weighted by Crippen LogP contribution is -2.48. The van der Waals surface area contributed by atoms with Crippen LogP contribution >= 0.6 is 0 Å². The Morgan fingerprint density at radius 1 is 1.13 bits per heavy atom. The highest BCUT2D eigenvalue weighted by Crippen LogP contribution is 2.36. The first-order chi connectivity index (χ1) is 11.1. The molecule has 2 N–H and O–H groups in total. The van der Waals surface area contributed by atoms with Gasteiger partial charge in [-0.15, -0.1) is 0 Å². The Kier molecular flexibility index (Phi) is 4.96. The third kappa shape index (κ3) is 3.72. The molecule has 1 aliphatic carbocycles. The molecule has 1 aliphatic heterocycles. The molecular weight excluding hydrogens is 294 g/mol. The molecular formula is C18H23NO4. The summed E-state index contributed by atoms with van der Waals surface area (Å²) in [5.41, 5.74) is 1.78. The number of hydrogen-bond acceptors (Lipinski definition) is 3. The third-order valence-electron chi connectivity index (χ3n) is 4.97. The Bertz CT molecular complexity index is 559. The minimum Gasteiger partial charge on any atom is -0.480 e. The van der Waals surface area contributed by atoms with Crippen LogP contribution in [0.3, 0.4) is 0 Å². The summed E-state index contributed by atoms with van der Waals surface area (Å²) in [5, 5.41) is 12.1. The molecule has 23 heavy (non-hydrogen) atoms. The quantitative estimate of drug-likeness (QED) is 0.875. The summed E-state index contributed by atoms with van der Waals surface area (Å²) in [6, 6.07) is 6.66. The smallest absolute Gasteiger partial charge is 0.326 e. The van der Waals surface area contributed by atoms with Crippen LogP contribution in [0.15, 0.2) is 24.3 Å². The van der Waals surface area contributed by atoms with E-state index in [1.165, 1.54) is 24.8 Å². The van der Waals surface area contributed by atoms with Crippen LogP contribution in [0.2, 0.25) is 0 Å². The summed E-state index contributed by atoms with van der Waals surface area (Å²) in [6.07, 6.45) is 5.30. The maximum absolute atomic E-state index is 12.4. The van der Waals surface area contributed by atoms with Gasteiger partial charge in [-0.1, -0.05) is 18.6 Å². The lowest BCUT2D eigenvalue weighted by atomic mass is 9.80. The van der Waals surface area contributed by atoms with Gasteiger partial charge in [-0.3, -0.25) is 4.79 Å². The molecule has 1 amide bonds. The molecule has 124 valence electrons. The van der Waals surface area contributed by atoms with Crippen molar-refractivity contribution in [2.45, 2.75) is 44.1 Å². The molecule has 2 fully saturated rings. The van der Waals surface area contributed by atoms with Crippen molar-refractivity contribution in [1.29, 1.82) is 0 Å². The highest BCUT2D eigenvalue weighted by atomic mass is 16.5. The SMILES string of the molecule is O=C(N[C@@H](C(=O)O)[C@@H]1CCCOC1)c1ccc(C2CCC2)cc1. The van der Waals surface area contributed by atoms with Gasteiger partial charge in [0.25, 0.3) is 5.91 Å². The van der Waals surface area contributed by atoms with Crippen LogP contribution in [0.1, 0.15) is 53.9 Å². The molecule has 5 nitrogen and oxygen atoms in total. The number of carboxylic acids is 1. The summed E-state index contributed by atoms with van der Waals surface area (Å²) >= 11 is 0. The summed E-state index contributed by atoms with van der Waals surface area (Å²) in [6.45, 7) is 1.05. The molecule has 1 aromatic rings. The highest BCUT2D eigenvalue weighted by molar-refractivity contribution is 5.96. The fourth-order valence-electron chi connectivity index (χ4n) is 3.28. The van der Waals surface area contributed by atoms with Crippen molar-refractivity contribution in [2.24, 2.45) is 5.92 Å². The van der Waals surface area contributed by atoms with Crippen molar-refractivity contribution >= 4 is 11.9 Å². The minimum atomic E-state index is -1.00. The molecule has 0 spiro atoms. The molecule has 0 aromatic heterocycles. The number of benzene rings is 1. The Morgan fingerprint density at radius 2 is 1.87 bits per heavy atom. The second-order valence-electron chi connectivity index (χ2n) is 6.52. The maximum atomic E-state index is 12.4. The number of nitrogens with one attached hydrogen (secondary N) is 1. The average Bonchev–Trinajstić information content (AvgIpc) is 2.52. The standard InChI is InChI=1S/C18H23NO4/c20-17(14-8-6-13(7-9-14)12-3-1-4-12)19-16(18(21)22)15-5-2-10-23-11-15/h6-9,12,15-16H,1-5,10-11H2,(H,19,20)(H,21,22)/t15-,16-/m1/s1. The Morgan fingerprint density at radius 3 is 2.39 bits per heavy atom. The van der Waals surface area contributed by atoms with E-state index in [1.54, 1.807) is 12.1 Å². The molecule has 1 aromatic carbocycles. The van der Waals surface area contributed by atoms with Crippen LogP contribution < -0.4 is 5.32 Å². The Hall–Kier alpha value is -1.88. The van der Waals surface area contributed by atoms with Crippen LogP contribution in [0.5, 0.6) is 0 Å². The molecule has 0 bridgehead atoms. The van der Waals surface area contributed by atoms with Crippen molar-refractivity contribution in [3.63, 3.8) is 0 Å². The molecule has 5 heteroatoms. The summed E-state index contributed by atoms with van der Waals surface area (Å²) in [4.78, 5) is 23.8. The van der Waals surface area contributed by atoms with E-state index in [4.69, 9.17) is 4.74 Å². The number of amides is 1. The normalized spacial score (nSPS) is 22.9. The van der Waals surface area contributed by atoms with E-state index in [2.05, 4.69) is 5.32 Å². The van der Waals surface area contributed by atoms with Gasteiger partial charge >= 0.3 is 5.97 Å². The first-order valence-electron chi connectivity index (χ1n) is 8.36. The number of carbonyl (C=O) groups is 2. The number of ether oxygens (including phenoxy) is 1. The average molecular weight is 317 g/mol. The van der Waals surface area contributed by atoms with Crippen LogP contribution in [0.25, 0.3) is 0 Å². The van der Waals surface area contributed by atoms with Crippen LogP contribution in [0, 0.1) is 5.92 Å². The third-order valence-corrected chi connectivity index (χ3v) is 4.97. The van der Waals surface area contributed by atoms with E-state index in [0.29, 0.717) is 24.7 Å². The second-order valence-corrected chi connectivity index (χ2v) is 6.52. The van der Waals surface area contributed by atoms with Gasteiger partial charge in [-0.2, -0.15) is 0 Å². The lowest BCUT2D eigenvalue weighted by molar-refractivity contribution is -0.142. The number of aliphatic carboxylic acids is 1. The number of carboxylic acid groups (broad SMARTS) is 1. The van der Waals surface area contributed by atoms with E-state index < -0.39 is 12.0 Å². The van der Waals surface area contributed by atoms with Crippen molar-refractivity contribution in [3.8, 4) is 0 Å². The predicted octanol–water partition coefficient (Wildman–Crippen LogP) is 2.56. The topological polar surface area (TPSA) is 75.6 Å². The first-order valence-corrected chi connectivity index (χ1v) is 8.36. The van der Waals surface area contributed by atoms with Gasteiger partial charge in [0.05, 0.1) is 6.61 Å². The van der Waals surface area contributed by atoms with Crippen molar-refractivity contribution < 1.29 is 19.4 Å².